The molecule has 3 aromatic carbocycles. The maximum Gasteiger partial charge on any atom is 0.291 e. The number of anilines is 1. The standard InChI is InChI=1S/C24H17FN6O2/c25-18-12-15(10-11-16(18)13-26)21(27)33-24(28)31-22-23(32)29-19-9-5-4-8-17(19)20(30-22)14-6-2-1-3-7-14/h1-12,22,27H,(H2,28,31)(H,29,32). The molecule has 9 heteroatoms. The van der Waals surface area contributed by atoms with E-state index < -0.39 is 29.8 Å². The van der Waals surface area contributed by atoms with Crippen molar-refractivity contribution in [2.45, 2.75) is 6.17 Å². The molecule has 0 spiro atoms. The van der Waals surface area contributed by atoms with E-state index in [0.29, 0.717) is 11.4 Å². The predicted octanol–water partition coefficient (Wildman–Crippen LogP) is 3.17. The van der Waals surface area contributed by atoms with Gasteiger partial charge in [-0.05, 0) is 24.3 Å². The van der Waals surface area contributed by atoms with Gasteiger partial charge >= 0.3 is 0 Å². The van der Waals surface area contributed by atoms with E-state index in [1.807, 2.05) is 42.5 Å². The molecule has 0 bridgehead atoms. The number of carbonyl (C=O) groups is 1. The zero-order valence-corrected chi connectivity index (χ0v) is 17.1. The van der Waals surface area contributed by atoms with Crippen LogP contribution in [0.1, 0.15) is 22.3 Å². The summed E-state index contributed by atoms with van der Waals surface area (Å²) in [7, 11) is 0. The summed E-state index contributed by atoms with van der Waals surface area (Å²) >= 11 is 0. The first-order valence-electron chi connectivity index (χ1n) is 9.79. The number of halogens is 1. The Morgan fingerprint density at radius 2 is 1.88 bits per heavy atom. The first-order valence-corrected chi connectivity index (χ1v) is 9.79. The second kappa shape index (κ2) is 9.11. The van der Waals surface area contributed by atoms with Gasteiger partial charge in [-0.25, -0.2) is 9.38 Å². The number of nitrogens with two attached hydrogens (primary N) is 1. The number of nitriles is 1. The Bertz CT molecular complexity index is 1340. The average Bonchev–Trinajstić information content (AvgIpc) is 2.95. The lowest BCUT2D eigenvalue weighted by molar-refractivity contribution is -0.117. The monoisotopic (exact) mass is 440 g/mol. The Labute approximate surface area is 188 Å². The van der Waals surface area contributed by atoms with Crippen molar-refractivity contribution in [1.82, 2.24) is 0 Å². The summed E-state index contributed by atoms with van der Waals surface area (Å²) in [5, 5.41) is 19.6. The number of carbonyl (C=O) groups excluding carboxylic acids is 1. The smallest absolute Gasteiger partial charge is 0.291 e. The lowest BCUT2D eigenvalue weighted by Gasteiger charge is -2.10. The molecule has 8 nitrogen and oxygen atoms in total. The fourth-order valence-electron chi connectivity index (χ4n) is 3.22. The zero-order chi connectivity index (χ0) is 23.4. The molecule has 162 valence electrons. The van der Waals surface area contributed by atoms with Crippen LogP contribution in [0.2, 0.25) is 0 Å². The van der Waals surface area contributed by atoms with Crippen LogP contribution in [0, 0.1) is 22.6 Å². The molecule has 0 saturated heterocycles. The van der Waals surface area contributed by atoms with Crippen LogP contribution in [0.4, 0.5) is 10.1 Å². The van der Waals surface area contributed by atoms with Crippen LogP contribution in [-0.4, -0.2) is 29.7 Å². The number of aliphatic imine (C=N–C) groups is 2. The van der Waals surface area contributed by atoms with Crippen molar-refractivity contribution >= 4 is 29.2 Å². The van der Waals surface area contributed by atoms with Crippen molar-refractivity contribution in [1.29, 1.82) is 10.7 Å². The van der Waals surface area contributed by atoms with Crippen LogP contribution < -0.4 is 11.1 Å². The molecule has 1 heterocycles. The van der Waals surface area contributed by atoms with E-state index in [4.69, 9.17) is 21.1 Å². The van der Waals surface area contributed by atoms with Crippen LogP contribution >= 0.6 is 0 Å². The first-order chi connectivity index (χ1) is 16.0. The molecule has 1 atom stereocenters. The van der Waals surface area contributed by atoms with Gasteiger partial charge in [-0.2, -0.15) is 10.3 Å². The number of para-hydroxylation sites is 1. The number of rotatable bonds is 3. The van der Waals surface area contributed by atoms with E-state index in [2.05, 4.69) is 15.3 Å². The van der Waals surface area contributed by atoms with Crippen molar-refractivity contribution in [2.24, 2.45) is 15.7 Å². The van der Waals surface area contributed by atoms with Gasteiger partial charge in [0.1, 0.15) is 11.9 Å². The second-order valence-electron chi connectivity index (χ2n) is 6.96. The summed E-state index contributed by atoms with van der Waals surface area (Å²) in [6.07, 6.45) is -1.28. The molecule has 1 aliphatic rings. The molecular formula is C24H17FN6O2. The Kier molecular flexibility index (Phi) is 5.91. The maximum absolute atomic E-state index is 13.8. The number of amidine groups is 1. The van der Waals surface area contributed by atoms with E-state index >= 15 is 0 Å². The Balaban J connectivity index is 1.65. The second-order valence-corrected chi connectivity index (χ2v) is 6.96. The van der Waals surface area contributed by atoms with Crippen LogP contribution in [0.25, 0.3) is 0 Å². The van der Waals surface area contributed by atoms with Crippen molar-refractivity contribution in [3.8, 4) is 6.07 Å². The summed E-state index contributed by atoms with van der Waals surface area (Å²) in [4.78, 5) is 21.3. The number of ether oxygens (including phenoxy) is 1. The molecule has 0 aliphatic carbocycles. The Morgan fingerprint density at radius 3 is 2.61 bits per heavy atom. The van der Waals surface area contributed by atoms with E-state index in [0.717, 1.165) is 17.2 Å². The van der Waals surface area contributed by atoms with Crippen LogP contribution in [0.5, 0.6) is 0 Å². The highest BCUT2D eigenvalue weighted by Crippen LogP contribution is 2.24. The predicted molar refractivity (Wildman–Crippen MR) is 122 cm³/mol. The third-order valence-corrected chi connectivity index (χ3v) is 4.78. The maximum atomic E-state index is 13.8. The number of amides is 1. The van der Waals surface area contributed by atoms with Crippen molar-refractivity contribution < 1.29 is 13.9 Å². The van der Waals surface area contributed by atoms with E-state index in [1.165, 1.54) is 12.1 Å². The lowest BCUT2D eigenvalue weighted by atomic mass is 10.0. The molecule has 0 radical (unpaired) electrons. The quantitative estimate of drug-likeness (QED) is 0.425. The summed E-state index contributed by atoms with van der Waals surface area (Å²) < 4.78 is 19.0. The highest BCUT2D eigenvalue weighted by molar-refractivity contribution is 6.19. The van der Waals surface area contributed by atoms with Crippen LogP contribution in [0.15, 0.2) is 82.8 Å². The van der Waals surface area contributed by atoms with Gasteiger partial charge < -0.3 is 15.8 Å². The molecule has 3 aromatic rings. The molecule has 1 unspecified atom stereocenters. The van der Waals surface area contributed by atoms with E-state index in [1.54, 1.807) is 18.2 Å². The van der Waals surface area contributed by atoms with Gasteiger partial charge in [-0.3, -0.25) is 10.2 Å². The van der Waals surface area contributed by atoms with Crippen molar-refractivity contribution in [3.05, 3.63) is 101 Å². The SMILES string of the molecule is N#Cc1ccc(C(=N)O/C(N)=N/C2N=C(c3ccccc3)c3ccccc3NC2=O)cc1F. The summed E-state index contributed by atoms with van der Waals surface area (Å²) in [5.41, 5.74) is 8.33. The highest BCUT2D eigenvalue weighted by atomic mass is 19.1. The minimum absolute atomic E-state index is 0.0517. The molecule has 0 aromatic heterocycles. The minimum atomic E-state index is -1.28. The summed E-state index contributed by atoms with van der Waals surface area (Å²) in [6, 6.07) is 21.3. The molecule has 33 heavy (non-hydrogen) atoms. The molecule has 1 aliphatic heterocycles. The van der Waals surface area contributed by atoms with Gasteiger partial charge in [-0.15, -0.1) is 0 Å². The molecule has 4 rings (SSSR count). The van der Waals surface area contributed by atoms with Gasteiger partial charge in [0, 0.05) is 16.7 Å². The molecule has 1 amide bonds. The molecule has 0 saturated carbocycles. The molecular weight excluding hydrogens is 423 g/mol. The Hall–Kier alpha value is -4.84. The van der Waals surface area contributed by atoms with E-state index in [9.17, 15) is 9.18 Å². The topological polar surface area (TPSA) is 137 Å². The normalized spacial score (nSPS) is 15.4. The van der Waals surface area contributed by atoms with Gasteiger partial charge in [0.05, 0.1) is 17.0 Å². The summed E-state index contributed by atoms with van der Waals surface area (Å²) in [6.45, 7) is 0. The molecule has 0 fully saturated rings. The van der Waals surface area contributed by atoms with Crippen molar-refractivity contribution in [2.75, 3.05) is 5.32 Å². The lowest BCUT2D eigenvalue weighted by Crippen LogP contribution is -2.29. The van der Waals surface area contributed by atoms with Crippen LogP contribution in [0.3, 0.4) is 0 Å². The average molecular weight is 440 g/mol. The van der Waals surface area contributed by atoms with Gasteiger partial charge in [0.15, 0.2) is 0 Å². The number of benzene rings is 3. The Morgan fingerprint density at radius 1 is 1.15 bits per heavy atom. The fraction of sp³-hybridized carbons (Fsp3) is 0.0417. The largest absolute Gasteiger partial charge is 0.407 e. The number of hydrogen-bond acceptors (Lipinski definition) is 6. The highest BCUT2D eigenvalue weighted by Gasteiger charge is 2.26. The third-order valence-electron chi connectivity index (χ3n) is 4.78. The number of nitrogens with one attached hydrogen (secondary N) is 2. The summed E-state index contributed by atoms with van der Waals surface area (Å²) in [5.74, 6) is -1.82. The number of benzodiazepines with no additional fused rings is 1. The van der Waals surface area contributed by atoms with Gasteiger partial charge in [-0.1, -0.05) is 48.5 Å². The number of hydrogen-bond donors (Lipinski definition) is 3. The van der Waals surface area contributed by atoms with Gasteiger partial charge in [0.25, 0.3) is 11.9 Å². The fourth-order valence-corrected chi connectivity index (χ4v) is 3.22. The molecule has 4 N–H and O–H groups in total. The minimum Gasteiger partial charge on any atom is -0.407 e. The number of nitrogens with zero attached hydrogens (tertiary/aromatic N) is 3. The zero-order valence-electron chi connectivity index (χ0n) is 17.1. The number of fused-ring (bicyclic) bond motifs is 1. The van der Waals surface area contributed by atoms with E-state index in [-0.39, 0.29) is 11.1 Å². The first kappa shape index (κ1) is 21.4. The third kappa shape index (κ3) is 4.60. The van der Waals surface area contributed by atoms with Crippen molar-refractivity contribution in [3.63, 3.8) is 0 Å². The van der Waals surface area contributed by atoms with Crippen LogP contribution in [-0.2, 0) is 9.53 Å². The van der Waals surface area contributed by atoms with Gasteiger partial charge in [0.2, 0.25) is 12.1 Å².